The predicted octanol–water partition coefficient (Wildman–Crippen LogP) is 1.19. The van der Waals surface area contributed by atoms with E-state index in [0.29, 0.717) is 17.2 Å². The Labute approximate surface area is 90.9 Å². The van der Waals surface area contributed by atoms with Gasteiger partial charge in [0.1, 0.15) is 11.4 Å². The summed E-state index contributed by atoms with van der Waals surface area (Å²) < 4.78 is 1.42. The van der Waals surface area contributed by atoms with E-state index < -0.39 is 4.92 Å². The first-order valence-corrected chi connectivity index (χ1v) is 4.60. The van der Waals surface area contributed by atoms with E-state index in [1.165, 1.54) is 10.9 Å². The van der Waals surface area contributed by atoms with Crippen LogP contribution in [0.3, 0.4) is 0 Å². The molecule has 0 aromatic carbocycles. The van der Waals surface area contributed by atoms with Gasteiger partial charge < -0.3 is 0 Å². The molecule has 0 aliphatic rings. The van der Waals surface area contributed by atoms with Crippen LogP contribution in [-0.2, 0) is 0 Å². The van der Waals surface area contributed by atoms with Gasteiger partial charge in [0.15, 0.2) is 5.82 Å². The van der Waals surface area contributed by atoms with Crippen LogP contribution < -0.4 is 0 Å². The average Bonchev–Trinajstić information content (AvgIpc) is 2.55. The van der Waals surface area contributed by atoms with E-state index in [1.54, 1.807) is 26.0 Å². The second-order valence-corrected chi connectivity index (χ2v) is 3.27. The maximum absolute atomic E-state index is 10.8. The molecule has 0 aliphatic carbocycles. The Morgan fingerprint density at radius 1 is 1.44 bits per heavy atom. The van der Waals surface area contributed by atoms with E-state index in [1.807, 2.05) is 0 Å². The van der Waals surface area contributed by atoms with Crippen molar-refractivity contribution in [3.05, 3.63) is 39.8 Å². The lowest BCUT2D eigenvalue weighted by Crippen LogP contribution is -2.02. The van der Waals surface area contributed by atoms with Gasteiger partial charge >= 0.3 is 5.69 Å². The van der Waals surface area contributed by atoms with Crippen molar-refractivity contribution >= 4 is 5.69 Å². The highest BCUT2D eigenvalue weighted by atomic mass is 16.6. The van der Waals surface area contributed by atoms with Gasteiger partial charge in [0.2, 0.25) is 0 Å². The van der Waals surface area contributed by atoms with Gasteiger partial charge in [-0.1, -0.05) is 0 Å². The van der Waals surface area contributed by atoms with Crippen LogP contribution in [0.1, 0.15) is 11.4 Å². The van der Waals surface area contributed by atoms with Crippen LogP contribution in [-0.4, -0.2) is 24.9 Å². The number of aryl methyl sites for hydroxylation is 1. The van der Waals surface area contributed by atoms with E-state index in [2.05, 4.69) is 15.3 Å². The van der Waals surface area contributed by atoms with Crippen LogP contribution in [0.15, 0.2) is 18.3 Å². The highest BCUT2D eigenvalue weighted by Crippen LogP contribution is 2.23. The van der Waals surface area contributed by atoms with Crippen LogP contribution in [0.25, 0.3) is 5.82 Å². The first-order chi connectivity index (χ1) is 7.61. The van der Waals surface area contributed by atoms with Gasteiger partial charge in [0.25, 0.3) is 0 Å². The number of rotatable bonds is 2. The molecule has 2 heterocycles. The molecule has 2 aromatic rings. The molecule has 0 radical (unpaired) electrons. The van der Waals surface area contributed by atoms with Gasteiger partial charge in [-0.15, -0.1) is 5.10 Å². The first kappa shape index (κ1) is 10.2. The Hall–Kier alpha value is -2.31. The van der Waals surface area contributed by atoms with Crippen molar-refractivity contribution in [2.24, 2.45) is 0 Å². The standard InChI is InChI=1S/C9H9N5O2/c1-6-9(14(15)16)7(2)13(12-6)8-4-3-5-10-11-8/h3-5H,1-2H3. The molecule has 0 unspecified atom stereocenters. The molecule has 2 rings (SSSR count). The summed E-state index contributed by atoms with van der Waals surface area (Å²) in [5.41, 5.74) is 0.835. The van der Waals surface area contributed by atoms with Gasteiger partial charge in [-0.3, -0.25) is 10.1 Å². The zero-order chi connectivity index (χ0) is 11.7. The molecule has 0 saturated heterocycles. The largest absolute Gasteiger partial charge is 0.313 e. The van der Waals surface area contributed by atoms with Gasteiger partial charge in [0, 0.05) is 6.20 Å². The Kier molecular flexibility index (Phi) is 2.35. The molecule has 0 spiro atoms. The third-order valence-corrected chi connectivity index (χ3v) is 2.21. The molecule has 7 heteroatoms. The summed E-state index contributed by atoms with van der Waals surface area (Å²) >= 11 is 0. The zero-order valence-corrected chi connectivity index (χ0v) is 8.78. The number of aromatic nitrogens is 4. The summed E-state index contributed by atoms with van der Waals surface area (Å²) in [6.07, 6.45) is 1.53. The van der Waals surface area contributed by atoms with Crippen LogP contribution >= 0.6 is 0 Å². The summed E-state index contributed by atoms with van der Waals surface area (Å²) in [5.74, 6) is 0.469. The number of nitro groups is 1. The van der Waals surface area contributed by atoms with Crippen molar-refractivity contribution in [1.29, 1.82) is 0 Å². The normalized spacial score (nSPS) is 10.4. The van der Waals surface area contributed by atoms with Crippen LogP contribution in [0, 0.1) is 24.0 Å². The first-order valence-electron chi connectivity index (χ1n) is 4.60. The highest BCUT2D eigenvalue weighted by Gasteiger charge is 2.22. The molecule has 82 valence electrons. The van der Waals surface area contributed by atoms with Crippen LogP contribution in [0.4, 0.5) is 5.69 Å². The quantitative estimate of drug-likeness (QED) is 0.559. The second kappa shape index (κ2) is 3.69. The Morgan fingerprint density at radius 3 is 2.69 bits per heavy atom. The fourth-order valence-electron chi connectivity index (χ4n) is 1.53. The molecule has 16 heavy (non-hydrogen) atoms. The average molecular weight is 219 g/mol. The predicted molar refractivity (Wildman–Crippen MR) is 55.3 cm³/mol. The van der Waals surface area contributed by atoms with E-state index in [-0.39, 0.29) is 5.69 Å². The molecular formula is C9H9N5O2. The summed E-state index contributed by atoms with van der Waals surface area (Å²) in [7, 11) is 0. The topological polar surface area (TPSA) is 86.7 Å². The van der Waals surface area contributed by atoms with Crippen molar-refractivity contribution in [2.45, 2.75) is 13.8 Å². The van der Waals surface area contributed by atoms with Gasteiger partial charge in [0.05, 0.1) is 4.92 Å². The molecular weight excluding hydrogens is 210 g/mol. The smallest absolute Gasteiger partial charge is 0.258 e. The third kappa shape index (κ3) is 1.52. The van der Waals surface area contributed by atoms with Gasteiger partial charge in [-0.2, -0.15) is 10.2 Å². The molecule has 0 N–H and O–H groups in total. The number of hydrogen-bond donors (Lipinski definition) is 0. The van der Waals surface area contributed by atoms with E-state index in [9.17, 15) is 10.1 Å². The van der Waals surface area contributed by atoms with Crippen molar-refractivity contribution in [3.63, 3.8) is 0 Å². The second-order valence-electron chi connectivity index (χ2n) is 3.27. The summed E-state index contributed by atoms with van der Waals surface area (Å²) in [4.78, 5) is 10.4. The molecule has 0 aliphatic heterocycles. The van der Waals surface area contributed by atoms with E-state index >= 15 is 0 Å². The van der Waals surface area contributed by atoms with Gasteiger partial charge in [-0.25, -0.2) is 4.68 Å². The minimum absolute atomic E-state index is 0.0191. The SMILES string of the molecule is Cc1nn(-c2cccnn2)c(C)c1[N+](=O)[O-]. The third-order valence-electron chi connectivity index (χ3n) is 2.21. The molecule has 2 aromatic heterocycles. The van der Waals surface area contributed by atoms with E-state index in [0.717, 1.165) is 0 Å². The van der Waals surface area contributed by atoms with E-state index in [4.69, 9.17) is 0 Å². The van der Waals surface area contributed by atoms with Crippen molar-refractivity contribution in [3.8, 4) is 5.82 Å². The monoisotopic (exact) mass is 219 g/mol. The highest BCUT2D eigenvalue weighted by molar-refractivity contribution is 5.42. The Balaban J connectivity index is 2.61. The summed E-state index contributed by atoms with van der Waals surface area (Å²) in [5, 5.41) is 22.4. The molecule has 0 fully saturated rings. The lowest BCUT2D eigenvalue weighted by Gasteiger charge is -1.99. The fourth-order valence-corrected chi connectivity index (χ4v) is 1.53. The maximum Gasteiger partial charge on any atom is 0.313 e. The van der Waals surface area contributed by atoms with Crippen molar-refractivity contribution in [1.82, 2.24) is 20.0 Å². The molecule has 0 saturated carbocycles. The molecule has 0 bridgehead atoms. The lowest BCUT2D eigenvalue weighted by molar-refractivity contribution is -0.386. The number of hydrogen-bond acceptors (Lipinski definition) is 5. The lowest BCUT2D eigenvalue weighted by atomic mass is 10.3. The Bertz CT molecular complexity index is 534. The summed E-state index contributed by atoms with van der Waals surface area (Å²) in [6, 6.07) is 3.39. The van der Waals surface area contributed by atoms with Crippen molar-refractivity contribution < 1.29 is 4.92 Å². The summed E-state index contributed by atoms with van der Waals surface area (Å²) in [6.45, 7) is 3.23. The minimum Gasteiger partial charge on any atom is -0.258 e. The Morgan fingerprint density at radius 2 is 2.19 bits per heavy atom. The number of nitrogens with zero attached hydrogens (tertiary/aromatic N) is 5. The zero-order valence-electron chi connectivity index (χ0n) is 8.78. The van der Waals surface area contributed by atoms with Gasteiger partial charge in [-0.05, 0) is 26.0 Å². The molecule has 7 nitrogen and oxygen atoms in total. The van der Waals surface area contributed by atoms with Crippen LogP contribution in [0.2, 0.25) is 0 Å². The molecule has 0 atom stereocenters. The van der Waals surface area contributed by atoms with Crippen LogP contribution in [0.5, 0.6) is 0 Å². The minimum atomic E-state index is -0.440. The molecule has 0 amide bonds. The van der Waals surface area contributed by atoms with Crippen molar-refractivity contribution in [2.75, 3.05) is 0 Å². The maximum atomic E-state index is 10.8. The fraction of sp³-hybridized carbons (Fsp3) is 0.222.